The van der Waals surface area contributed by atoms with Crippen LogP contribution in [0.25, 0.3) is 0 Å². The van der Waals surface area contributed by atoms with E-state index in [4.69, 9.17) is 16.3 Å². The summed E-state index contributed by atoms with van der Waals surface area (Å²) in [5.41, 5.74) is 4.80. The van der Waals surface area contributed by atoms with E-state index in [9.17, 15) is 5.11 Å². The first kappa shape index (κ1) is 16.2. The Labute approximate surface area is 155 Å². The number of fused-ring (bicyclic) bond motifs is 2. The Hall–Kier alpha value is -1.23. The molecule has 0 spiro atoms. The maximum atomic E-state index is 10.2. The number of hydrogen-bond acceptors (Lipinski definition) is 3. The van der Waals surface area contributed by atoms with Crippen LogP contribution in [0.1, 0.15) is 28.2 Å². The molecule has 2 aromatic rings. The van der Waals surface area contributed by atoms with Gasteiger partial charge in [-0.3, -0.25) is 0 Å². The van der Waals surface area contributed by atoms with Crippen LogP contribution in [0, 0.1) is 0 Å². The molecule has 2 heterocycles. The first-order valence-corrected chi connectivity index (χ1v) is 9.35. The number of aromatic hydroxyl groups is 1. The lowest BCUT2D eigenvalue weighted by Crippen LogP contribution is -2.24. The molecule has 2 aromatic carbocycles. The summed E-state index contributed by atoms with van der Waals surface area (Å²) in [6, 6.07) is 8.05. The Balaban J connectivity index is 1.91. The zero-order valence-corrected chi connectivity index (χ0v) is 15.8. The third-order valence-electron chi connectivity index (χ3n) is 4.99. The second kappa shape index (κ2) is 6.25. The molecule has 3 nitrogen and oxygen atoms in total. The fourth-order valence-corrected chi connectivity index (χ4v) is 4.50. The molecule has 2 aliphatic heterocycles. The number of ether oxygens (including phenoxy) is 1. The number of phenolic OH excluding ortho intramolecular Hbond substituents is 1. The number of nitrogens with zero attached hydrogens (tertiary/aromatic N) is 1. The van der Waals surface area contributed by atoms with Gasteiger partial charge in [0.05, 0.1) is 11.6 Å². The van der Waals surface area contributed by atoms with Gasteiger partial charge in [0, 0.05) is 35.5 Å². The molecule has 0 saturated carbocycles. The number of hydrogen-bond donors (Lipinski definition) is 1. The number of rotatable bonds is 1. The van der Waals surface area contributed by atoms with E-state index in [1.807, 2.05) is 12.1 Å². The van der Waals surface area contributed by atoms with E-state index in [0.717, 1.165) is 48.3 Å². The van der Waals surface area contributed by atoms with Gasteiger partial charge in [-0.25, -0.2) is 0 Å². The predicted octanol–water partition coefficient (Wildman–Crippen LogP) is 4.36. The second-order valence-corrected chi connectivity index (χ2v) is 7.97. The van der Waals surface area contributed by atoms with Crippen molar-refractivity contribution in [2.24, 2.45) is 0 Å². The van der Waals surface area contributed by atoms with Crippen LogP contribution in [-0.2, 0) is 12.8 Å². The molecule has 0 saturated heterocycles. The van der Waals surface area contributed by atoms with Crippen LogP contribution in [0.15, 0.2) is 28.7 Å². The van der Waals surface area contributed by atoms with E-state index in [-0.39, 0.29) is 11.7 Å². The van der Waals surface area contributed by atoms with Crippen LogP contribution < -0.4 is 4.74 Å². The maximum absolute atomic E-state index is 10.2. The van der Waals surface area contributed by atoms with Crippen molar-refractivity contribution in [1.82, 2.24) is 4.90 Å². The monoisotopic (exact) mass is 407 g/mol. The van der Waals surface area contributed by atoms with Gasteiger partial charge in [0.25, 0.3) is 0 Å². The molecule has 0 unspecified atom stereocenters. The van der Waals surface area contributed by atoms with Crippen molar-refractivity contribution in [3.63, 3.8) is 0 Å². The molecule has 0 amide bonds. The van der Waals surface area contributed by atoms with Crippen molar-refractivity contribution in [2.75, 3.05) is 26.7 Å². The van der Waals surface area contributed by atoms with Crippen LogP contribution >= 0.6 is 27.5 Å². The van der Waals surface area contributed by atoms with E-state index >= 15 is 0 Å². The standard InChI is InChI=1S/C19H19BrClNO2/c1-22-4-2-11-7-17(21)18(23)9-14(11)16(10-22)15-8-13(20)6-12-3-5-24-19(12)15/h6-9,16,23H,2-5,10H2,1H3/t16-/m0/s1. The van der Waals surface area contributed by atoms with Crippen LogP contribution in [0.4, 0.5) is 0 Å². The Bertz CT molecular complexity index is 808. The molecule has 1 atom stereocenters. The van der Waals surface area contributed by atoms with Gasteiger partial charge in [-0.1, -0.05) is 27.5 Å². The summed E-state index contributed by atoms with van der Waals surface area (Å²) in [7, 11) is 2.14. The highest BCUT2D eigenvalue weighted by molar-refractivity contribution is 9.10. The SMILES string of the molecule is CN1CCc2cc(Cl)c(O)cc2[C@@H](c2cc(Br)cc3c2OCC3)C1. The molecule has 0 radical (unpaired) electrons. The molecule has 126 valence electrons. The Morgan fingerprint density at radius 1 is 1.17 bits per heavy atom. The van der Waals surface area contributed by atoms with Gasteiger partial charge < -0.3 is 14.7 Å². The van der Waals surface area contributed by atoms with Crippen molar-refractivity contribution in [3.8, 4) is 11.5 Å². The molecule has 1 N–H and O–H groups in total. The summed E-state index contributed by atoms with van der Waals surface area (Å²) < 4.78 is 7.03. The minimum atomic E-state index is 0.150. The predicted molar refractivity (Wildman–Crippen MR) is 99.5 cm³/mol. The second-order valence-electron chi connectivity index (χ2n) is 6.65. The largest absolute Gasteiger partial charge is 0.506 e. The van der Waals surface area contributed by atoms with Gasteiger partial charge in [0.2, 0.25) is 0 Å². The van der Waals surface area contributed by atoms with Crippen molar-refractivity contribution in [1.29, 1.82) is 0 Å². The van der Waals surface area contributed by atoms with Gasteiger partial charge in [0.15, 0.2) is 0 Å². The van der Waals surface area contributed by atoms with Crippen LogP contribution in [0.2, 0.25) is 5.02 Å². The lowest BCUT2D eigenvalue weighted by Gasteiger charge is -2.24. The minimum Gasteiger partial charge on any atom is -0.506 e. The van der Waals surface area contributed by atoms with Gasteiger partial charge in [-0.2, -0.15) is 0 Å². The normalized spacial score (nSPS) is 20.2. The Morgan fingerprint density at radius 2 is 2.00 bits per heavy atom. The summed E-state index contributed by atoms with van der Waals surface area (Å²) in [4.78, 5) is 2.33. The van der Waals surface area contributed by atoms with Gasteiger partial charge in [-0.05, 0) is 54.4 Å². The average Bonchev–Trinajstić information content (AvgIpc) is 2.95. The van der Waals surface area contributed by atoms with Crippen LogP contribution in [0.5, 0.6) is 11.5 Å². The Morgan fingerprint density at radius 3 is 2.83 bits per heavy atom. The van der Waals surface area contributed by atoms with E-state index in [1.54, 1.807) is 0 Å². The van der Waals surface area contributed by atoms with Gasteiger partial charge in [0.1, 0.15) is 11.5 Å². The quantitative estimate of drug-likeness (QED) is 0.761. The highest BCUT2D eigenvalue weighted by Gasteiger charge is 2.29. The summed E-state index contributed by atoms with van der Waals surface area (Å²) >= 11 is 9.80. The van der Waals surface area contributed by atoms with Crippen molar-refractivity contribution in [2.45, 2.75) is 18.8 Å². The first-order valence-electron chi connectivity index (χ1n) is 8.18. The number of phenols is 1. The van der Waals surface area contributed by atoms with Gasteiger partial charge >= 0.3 is 0 Å². The molecule has 2 aliphatic rings. The van der Waals surface area contributed by atoms with E-state index < -0.39 is 0 Å². The molecule has 0 aromatic heterocycles. The molecular formula is C19H19BrClNO2. The summed E-state index contributed by atoms with van der Waals surface area (Å²) in [6.07, 6.45) is 1.88. The Kier molecular flexibility index (Phi) is 4.23. The first-order chi connectivity index (χ1) is 11.5. The highest BCUT2D eigenvalue weighted by atomic mass is 79.9. The van der Waals surface area contributed by atoms with Gasteiger partial charge in [-0.15, -0.1) is 0 Å². The number of benzene rings is 2. The third-order valence-corrected chi connectivity index (χ3v) is 5.75. The average molecular weight is 409 g/mol. The molecule has 0 fully saturated rings. The van der Waals surface area contributed by atoms with Crippen LogP contribution in [0.3, 0.4) is 0 Å². The molecule has 5 heteroatoms. The molecule has 0 aliphatic carbocycles. The minimum absolute atomic E-state index is 0.150. The van der Waals surface area contributed by atoms with Crippen molar-refractivity contribution in [3.05, 3.63) is 56.0 Å². The summed E-state index contributed by atoms with van der Waals surface area (Å²) in [5, 5.41) is 10.6. The lowest BCUT2D eigenvalue weighted by molar-refractivity contribution is 0.326. The fourth-order valence-electron chi connectivity index (χ4n) is 3.80. The van der Waals surface area contributed by atoms with E-state index in [1.165, 1.54) is 16.7 Å². The topological polar surface area (TPSA) is 32.7 Å². The number of likely N-dealkylation sites (N-methyl/N-ethyl adjacent to an activating group) is 1. The zero-order valence-electron chi connectivity index (χ0n) is 13.5. The lowest BCUT2D eigenvalue weighted by atomic mass is 9.86. The smallest absolute Gasteiger partial charge is 0.134 e. The summed E-state index contributed by atoms with van der Waals surface area (Å²) in [6.45, 7) is 2.60. The summed E-state index contributed by atoms with van der Waals surface area (Å²) in [5.74, 6) is 1.32. The fraction of sp³-hybridized carbons (Fsp3) is 0.368. The van der Waals surface area contributed by atoms with Crippen molar-refractivity contribution < 1.29 is 9.84 Å². The molecular weight excluding hydrogens is 390 g/mol. The van der Waals surface area contributed by atoms with E-state index in [2.05, 4.69) is 40.0 Å². The van der Waals surface area contributed by atoms with Crippen LogP contribution in [-0.4, -0.2) is 36.8 Å². The highest BCUT2D eigenvalue weighted by Crippen LogP contribution is 2.43. The zero-order chi connectivity index (χ0) is 16.8. The third kappa shape index (κ3) is 2.81. The number of halogens is 2. The maximum Gasteiger partial charge on any atom is 0.134 e. The van der Waals surface area contributed by atoms with E-state index in [0.29, 0.717) is 5.02 Å². The molecule has 4 rings (SSSR count). The molecule has 0 bridgehead atoms. The molecule has 24 heavy (non-hydrogen) atoms. The van der Waals surface area contributed by atoms with Crippen molar-refractivity contribution >= 4 is 27.5 Å².